The average Bonchev–Trinajstić information content (AvgIpc) is 2.17. The molecule has 0 saturated carbocycles. The Morgan fingerprint density at radius 3 is 2.92 bits per heavy atom. The first kappa shape index (κ1) is 7.18. The predicted octanol–water partition coefficient (Wildman–Crippen LogP) is 1.12. The first-order valence-electron chi connectivity index (χ1n) is 3.71. The Balaban J connectivity index is 2.79. The van der Waals surface area contributed by atoms with Crippen molar-refractivity contribution in [2.45, 2.75) is 6.61 Å². The van der Waals surface area contributed by atoms with E-state index >= 15 is 0 Å². The van der Waals surface area contributed by atoms with Crippen molar-refractivity contribution in [3.8, 4) is 0 Å². The van der Waals surface area contributed by atoms with Gasteiger partial charge in [-0.3, -0.25) is 9.97 Å². The number of nitrogens with zero attached hydrogens (tertiary/aromatic N) is 2. The predicted molar refractivity (Wildman–Crippen MR) is 45.5 cm³/mol. The quantitative estimate of drug-likeness (QED) is 0.680. The number of aliphatic hydroxyl groups is 1. The standard InChI is InChI=1S/C9H8N2O/c12-6-7-3-5-10-8-2-1-4-11-9(7)8/h1-5,12H,6H2. The molecule has 0 atom stereocenters. The number of pyridine rings is 2. The molecule has 60 valence electrons. The summed E-state index contributed by atoms with van der Waals surface area (Å²) in [5, 5.41) is 8.97. The summed E-state index contributed by atoms with van der Waals surface area (Å²) in [6.45, 7) is 0.00995. The Kier molecular flexibility index (Phi) is 1.72. The van der Waals surface area contributed by atoms with Gasteiger partial charge in [0.25, 0.3) is 0 Å². The van der Waals surface area contributed by atoms with Crippen LogP contribution in [0.5, 0.6) is 0 Å². The molecule has 0 amide bonds. The number of fused-ring (bicyclic) bond motifs is 1. The van der Waals surface area contributed by atoms with Gasteiger partial charge in [-0.05, 0) is 18.2 Å². The molecule has 2 heterocycles. The molecule has 0 fully saturated rings. The molecule has 0 saturated heterocycles. The smallest absolute Gasteiger partial charge is 0.0941 e. The highest BCUT2D eigenvalue weighted by Gasteiger charge is 1.99. The summed E-state index contributed by atoms with van der Waals surface area (Å²) in [5.41, 5.74) is 2.42. The van der Waals surface area contributed by atoms with E-state index in [0.717, 1.165) is 16.6 Å². The Bertz CT molecular complexity index is 395. The van der Waals surface area contributed by atoms with Crippen molar-refractivity contribution >= 4 is 11.0 Å². The second-order valence-corrected chi connectivity index (χ2v) is 2.50. The minimum absolute atomic E-state index is 0.00995. The third-order valence-electron chi connectivity index (χ3n) is 1.75. The fourth-order valence-electron chi connectivity index (χ4n) is 1.16. The highest BCUT2D eigenvalue weighted by Crippen LogP contribution is 2.12. The van der Waals surface area contributed by atoms with Gasteiger partial charge in [0.05, 0.1) is 17.6 Å². The lowest BCUT2D eigenvalue weighted by atomic mass is 10.2. The van der Waals surface area contributed by atoms with E-state index in [0.29, 0.717) is 0 Å². The third kappa shape index (κ3) is 1.04. The van der Waals surface area contributed by atoms with Crippen LogP contribution in [0.1, 0.15) is 5.56 Å². The van der Waals surface area contributed by atoms with Crippen molar-refractivity contribution in [1.29, 1.82) is 0 Å². The van der Waals surface area contributed by atoms with Crippen LogP contribution in [0.25, 0.3) is 11.0 Å². The number of rotatable bonds is 1. The zero-order chi connectivity index (χ0) is 8.39. The molecule has 0 aromatic carbocycles. The summed E-state index contributed by atoms with van der Waals surface area (Å²) < 4.78 is 0. The van der Waals surface area contributed by atoms with Crippen LogP contribution < -0.4 is 0 Å². The fourth-order valence-corrected chi connectivity index (χ4v) is 1.16. The van der Waals surface area contributed by atoms with Crippen LogP contribution in [0, 0.1) is 0 Å². The summed E-state index contributed by atoms with van der Waals surface area (Å²) >= 11 is 0. The Hall–Kier alpha value is -1.48. The molecule has 3 heteroatoms. The zero-order valence-corrected chi connectivity index (χ0v) is 6.44. The lowest BCUT2D eigenvalue weighted by molar-refractivity contribution is 0.283. The van der Waals surface area contributed by atoms with Gasteiger partial charge in [0, 0.05) is 18.0 Å². The molecule has 0 aliphatic heterocycles. The zero-order valence-electron chi connectivity index (χ0n) is 6.44. The van der Waals surface area contributed by atoms with Crippen molar-refractivity contribution in [2.24, 2.45) is 0 Å². The van der Waals surface area contributed by atoms with Crippen LogP contribution in [-0.2, 0) is 6.61 Å². The molecule has 2 aromatic heterocycles. The van der Waals surface area contributed by atoms with E-state index in [9.17, 15) is 0 Å². The fraction of sp³-hybridized carbons (Fsp3) is 0.111. The lowest BCUT2D eigenvalue weighted by Crippen LogP contribution is -1.89. The van der Waals surface area contributed by atoms with E-state index in [2.05, 4.69) is 9.97 Å². The van der Waals surface area contributed by atoms with Gasteiger partial charge in [-0.25, -0.2) is 0 Å². The van der Waals surface area contributed by atoms with Crippen LogP contribution in [0.4, 0.5) is 0 Å². The molecule has 3 nitrogen and oxygen atoms in total. The van der Waals surface area contributed by atoms with E-state index in [-0.39, 0.29) is 6.61 Å². The number of hydrogen-bond donors (Lipinski definition) is 1. The lowest BCUT2D eigenvalue weighted by Gasteiger charge is -1.99. The van der Waals surface area contributed by atoms with Gasteiger partial charge in [-0.15, -0.1) is 0 Å². The third-order valence-corrected chi connectivity index (χ3v) is 1.75. The Morgan fingerprint density at radius 2 is 2.08 bits per heavy atom. The second-order valence-electron chi connectivity index (χ2n) is 2.50. The number of aliphatic hydroxyl groups excluding tert-OH is 1. The summed E-state index contributed by atoms with van der Waals surface area (Å²) in [6.07, 6.45) is 3.37. The topological polar surface area (TPSA) is 46.0 Å². The van der Waals surface area contributed by atoms with Gasteiger partial charge in [0.1, 0.15) is 0 Å². The minimum atomic E-state index is 0.00995. The number of hydrogen-bond acceptors (Lipinski definition) is 3. The van der Waals surface area contributed by atoms with Gasteiger partial charge in [0.15, 0.2) is 0 Å². The maximum atomic E-state index is 8.97. The first-order valence-corrected chi connectivity index (χ1v) is 3.71. The molecule has 2 rings (SSSR count). The molecule has 0 spiro atoms. The maximum Gasteiger partial charge on any atom is 0.0941 e. The van der Waals surface area contributed by atoms with E-state index in [1.807, 2.05) is 12.1 Å². The van der Waals surface area contributed by atoms with Crippen molar-refractivity contribution in [1.82, 2.24) is 9.97 Å². The van der Waals surface area contributed by atoms with Crippen molar-refractivity contribution < 1.29 is 5.11 Å². The summed E-state index contributed by atoms with van der Waals surface area (Å²) in [5.74, 6) is 0. The molecule has 0 bridgehead atoms. The SMILES string of the molecule is OCc1ccnc2cccnc12. The van der Waals surface area contributed by atoms with Gasteiger partial charge >= 0.3 is 0 Å². The van der Waals surface area contributed by atoms with E-state index in [1.54, 1.807) is 18.5 Å². The largest absolute Gasteiger partial charge is 0.392 e. The van der Waals surface area contributed by atoms with Crippen LogP contribution in [0.2, 0.25) is 0 Å². The van der Waals surface area contributed by atoms with Crippen molar-refractivity contribution in [2.75, 3.05) is 0 Å². The van der Waals surface area contributed by atoms with E-state index < -0.39 is 0 Å². The highest BCUT2D eigenvalue weighted by atomic mass is 16.3. The summed E-state index contributed by atoms with van der Waals surface area (Å²) in [6, 6.07) is 5.48. The molecule has 2 aromatic rings. The van der Waals surface area contributed by atoms with Crippen LogP contribution in [0.15, 0.2) is 30.6 Å². The monoisotopic (exact) mass is 160 g/mol. The maximum absolute atomic E-state index is 8.97. The molecular formula is C9H8N2O. The van der Waals surface area contributed by atoms with E-state index in [1.165, 1.54) is 0 Å². The normalized spacial score (nSPS) is 10.4. The van der Waals surface area contributed by atoms with Crippen molar-refractivity contribution in [3.05, 3.63) is 36.2 Å². The first-order chi connectivity index (χ1) is 5.92. The molecule has 0 aliphatic carbocycles. The summed E-state index contributed by atoms with van der Waals surface area (Å²) in [4.78, 5) is 8.25. The Morgan fingerprint density at radius 1 is 1.17 bits per heavy atom. The number of aromatic nitrogens is 2. The average molecular weight is 160 g/mol. The Labute approximate surface area is 69.7 Å². The molecular weight excluding hydrogens is 152 g/mol. The van der Waals surface area contributed by atoms with Gasteiger partial charge < -0.3 is 5.11 Å². The molecule has 1 N–H and O–H groups in total. The van der Waals surface area contributed by atoms with E-state index in [4.69, 9.17) is 5.11 Å². The molecule has 0 radical (unpaired) electrons. The second kappa shape index (κ2) is 2.87. The highest BCUT2D eigenvalue weighted by molar-refractivity contribution is 5.76. The van der Waals surface area contributed by atoms with Crippen LogP contribution in [-0.4, -0.2) is 15.1 Å². The molecule has 0 unspecified atom stereocenters. The van der Waals surface area contributed by atoms with Gasteiger partial charge in [-0.1, -0.05) is 0 Å². The molecule has 12 heavy (non-hydrogen) atoms. The van der Waals surface area contributed by atoms with Gasteiger partial charge in [-0.2, -0.15) is 0 Å². The van der Waals surface area contributed by atoms with Gasteiger partial charge in [0.2, 0.25) is 0 Å². The van der Waals surface area contributed by atoms with Crippen LogP contribution in [0.3, 0.4) is 0 Å². The minimum Gasteiger partial charge on any atom is -0.392 e. The molecule has 0 aliphatic rings. The summed E-state index contributed by atoms with van der Waals surface area (Å²) in [7, 11) is 0. The van der Waals surface area contributed by atoms with Crippen molar-refractivity contribution in [3.63, 3.8) is 0 Å². The van der Waals surface area contributed by atoms with Crippen LogP contribution >= 0.6 is 0 Å².